The summed E-state index contributed by atoms with van der Waals surface area (Å²) >= 11 is 3.38. The Morgan fingerprint density at radius 3 is 1.14 bits per heavy atom. The lowest BCUT2D eigenvalue weighted by molar-refractivity contribution is -0.00280. The van der Waals surface area contributed by atoms with Gasteiger partial charge in [-0.2, -0.15) is 4.79 Å². The van der Waals surface area contributed by atoms with E-state index in [-0.39, 0.29) is 11.6 Å². The maximum absolute atomic E-state index is 12.4. The quantitative estimate of drug-likeness (QED) is 0.0377. The Kier molecular flexibility index (Phi) is 20.4. The first kappa shape index (κ1) is 51.9. The molecule has 0 aliphatic carbocycles. The summed E-state index contributed by atoms with van der Waals surface area (Å²) in [5.41, 5.74) is 22.8. The molecule has 0 radical (unpaired) electrons. The highest BCUT2D eigenvalue weighted by atomic mass is 79.9. The molecule has 8 aromatic carbocycles. The number of carbonyl (C=O) groups excluding carboxylic acids is 2. The average Bonchev–Trinajstić information content (AvgIpc) is 4.02. The SMILES string of the molecule is C1CCOC1.Cc1ccc(OCc2ccc(C(=O)c3ccccc3)cc2)cc1C.Cc1ccc(OCc2ccc(C(=[N+]=[N-])c3ccccc3)cc2)cc1C.O=C(c1ccccc1)c1ccc(CBr)cc1. The highest BCUT2D eigenvalue weighted by Crippen LogP contribution is 2.21. The number of aryl methyl sites for hydroxylation is 4. The van der Waals surface area contributed by atoms with E-state index >= 15 is 0 Å². The molecule has 354 valence electrons. The minimum Gasteiger partial charge on any atom is -0.489 e. The van der Waals surface area contributed by atoms with E-state index < -0.39 is 0 Å². The lowest BCUT2D eigenvalue weighted by atomic mass is 10.0. The van der Waals surface area contributed by atoms with Crippen LogP contribution < -0.4 is 9.47 Å². The van der Waals surface area contributed by atoms with Crippen LogP contribution in [0.2, 0.25) is 0 Å². The van der Waals surface area contributed by atoms with Crippen LogP contribution in [-0.2, 0) is 23.3 Å². The second-order valence-electron chi connectivity index (χ2n) is 16.8. The fourth-order valence-electron chi connectivity index (χ4n) is 7.10. The van der Waals surface area contributed by atoms with Crippen LogP contribution in [0.5, 0.6) is 11.5 Å². The Hall–Kier alpha value is -7.48. The predicted molar refractivity (Wildman–Crippen MR) is 286 cm³/mol. The third kappa shape index (κ3) is 16.1. The molecular weight excluding hydrogens is 933 g/mol. The zero-order valence-corrected chi connectivity index (χ0v) is 41.9. The van der Waals surface area contributed by atoms with Crippen molar-refractivity contribution in [3.8, 4) is 11.5 Å². The Bertz CT molecular complexity index is 2920. The van der Waals surface area contributed by atoms with Gasteiger partial charge in [0.05, 0.1) is 11.1 Å². The minimum absolute atomic E-state index is 0.0391. The molecule has 1 heterocycles. The van der Waals surface area contributed by atoms with Crippen molar-refractivity contribution in [2.24, 2.45) is 0 Å². The molecule has 70 heavy (non-hydrogen) atoms. The van der Waals surface area contributed by atoms with Crippen molar-refractivity contribution in [1.82, 2.24) is 0 Å². The van der Waals surface area contributed by atoms with Gasteiger partial charge in [0.2, 0.25) is 0 Å². The summed E-state index contributed by atoms with van der Waals surface area (Å²) < 4.78 is 16.6. The molecule has 7 nitrogen and oxygen atoms in total. The molecule has 9 rings (SSSR count). The Morgan fingerprint density at radius 1 is 0.457 bits per heavy atom. The van der Waals surface area contributed by atoms with Crippen molar-refractivity contribution in [1.29, 1.82) is 0 Å². The van der Waals surface area contributed by atoms with Gasteiger partial charge in [0.25, 0.3) is 0 Å². The van der Waals surface area contributed by atoms with Crippen LogP contribution in [0.4, 0.5) is 0 Å². The van der Waals surface area contributed by atoms with Gasteiger partial charge in [0.15, 0.2) is 11.6 Å². The molecule has 0 bridgehead atoms. The zero-order chi connectivity index (χ0) is 49.5. The van der Waals surface area contributed by atoms with Crippen molar-refractivity contribution in [3.05, 3.63) is 278 Å². The summed E-state index contributed by atoms with van der Waals surface area (Å²) in [6.45, 7) is 11.3. The summed E-state index contributed by atoms with van der Waals surface area (Å²) in [5.74, 6) is 1.84. The van der Waals surface area contributed by atoms with E-state index in [1.165, 1.54) is 40.7 Å². The number of halogens is 1. The molecule has 0 atom stereocenters. The van der Waals surface area contributed by atoms with Gasteiger partial charge in [0.1, 0.15) is 24.7 Å². The van der Waals surface area contributed by atoms with E-state index in [1.807, 2.05) is 182 Å². The standard InChI is InChI=1S/C22H20N2O.C22H20O2.C14H11BrO.C4H8O/c1-16-8-13-21(14-17(16)2)25-15-18-9-11-20(12-10-18)22(24-23)19-6-4-3-5-7-19;1-16-8-13-21(14-17(16)2)24-15-18-9-11-20(12-10-18)22(23)19-6-4-3-5-7-19;15-10-11-6-8-13(9-7-11)14(16)12-4-2-1-3-5-12;1-2-4-5-3-1/h3-14H,15H2,1-2H3;3-14H,15H2,1-2H3;1-9H,10H2;1-4H2. The molecule has 1 aliphatic rings. The summed E-state index contributed by atoms with van der Waals surface area (Å²) in [5, 5.41) is 0.812. The highest BCUT2D eigenvalue weighted by molar-refractivity contribution is 9.08. The van der Waals surface area contributed by atoms with E-state index in [1.54, 1.807) is 0 Å². The Labute approximate surface area is 421 Å². The molecule has 1 fully saturated rings. The second-order valence-corrected chi connectivity index (χ2v) is 17.4. The number of rotatable bonds is 13. The molecule has 0 N–H and O–H groups in total. The van der Waals surface area contributed by atoms with E-state index in [2.05, 4.69) is 66.6 Å². The molecule has 1 saturated heterocycles. The number of ether oxygens (including phenoxy) is 3. The average molecular weight is 992 g/mol. The molecule has 0 saturated carbocycles. The van der Waals surface area contributed by atoms with Crippen LogP contribution in [0.1, 0.15) is 94.8 Å². The molecular formula is C62H59BrN2O5. The Balaban J connectivity index is 0.000000167. The third-order valence-corrected chi connectivity index (χ3v) is 12.3. The lowest BCUT2D eigenvalue weighted by Crippen LogP contribution is -2.05. The fourth-order valence-corrected chi connectivity index (χ4v) is 7.47. The first-order valence-electron chi connectivity index (χ1n) is 23.4. The molecule has 1 aliphatic heterocycles. The maximum Gasteiger partial charge on any atom is 0.329 e. The lowest BCUT2D eigenvalue weighted by Gasteiger charge is -2.09. The van der Waals surface area contributed by atoms with Crippen LogP contribution in [0, 0.1) is 27.7 Å². The minimum atomic E-state index is 0.0391. The van der Waals surface area contributed by atoms with E-state index in [9.17, 15) is 15.1 Å². The van der Waals surface area contributed by atoms with Crippen molar-refractivity contribution in [2.45, 2.75) is 59.1 Å². The topological polar surface area (TPSA) is 98.2 Å². The molecule has 0 unspecified atom stereocenters. The van der Waals surface area contributed by atoms with Crippen molar-refractivity contribution >= 4 is 33.2 Å². The molecule has 0 aromatic heterocycles. The normalized spacial score (nSPS) is 11.2. The third-order valence-electron chi connectivity index (χ3n) is 11.6. The molecule has 8 aromatic rings. The maximum atomic E-state index is 12.4. The first-order valence-corrected chi connectivity index (χ1v) is 24.5. The van der Waals surface area contributed by atoms with Gasteiger partial charge in [-0.3, -0.25) is 9.59 Å². The van der Waals surface area contributed by atoms with Gasteiger partial charge < -0.3 is 19.7 Å². The summed E-state index contributed by atoms with van der Waals surface area (Å²) in [6.07, 6.45) is 2.56. The summed E-state index contributed by atoms with van der Waals surface area (Å²) in [7, 11) is 0. The van der Waals surface area contributed by atoms with Crippen molar-refractivity contribution in [3.63, 3.8) is 0 Å². The predicted octanol–water partition coefficient (Wildman–Crippen LogP) is 14.7. The van der Waals surface area contributed by atoms with Gasteiger partial charge in [-0.15, -0.1) is 0 Å². The van der Waals surface area contributed by atoms with Crippen molar-refractivity contribution in [2.75, 3.05) is 13.2 Å². The van der Waals surface area contributed by atoms with Crippen LogP contribution >= 0.6 is 15.9 Å². The van der Waals surface area contributed by atoms with Gasteiger partial charge in [0, 0.05) is 40.8 Å². The number of hydrogen-bond acceptors (Lipinski definition) is 5. The number of hydrogen-bond donors (Lipinski definition) is 0. The zero-order valence-electron chi connectivity index (χ0n) is 40.3. The first-order chi connectivity index (χ1) is 34.1. The molecule has 0 spiro atoms. The van der Waals surface area contributed by atoms with Crippen LogP contribution in [0.3, 0.4) is 0 Å². The van der Waals surface area contributed by atoms with Crippen LogP contribution in [-0.4, -0.2) is 35.3 Å². The van der Waals surface area contributed by atoms with Crippen molar-refractivity contribution < 1.29 is 28.6 Å². The van der Waals surface area contributed by atoms with Crippen LogP contribution in [0.15, 0.2) is 200 Å². The monoisotopic (exact) mass is 990 g/mol. The van der Waals surface area contributed by atoms with Crippen LogP contribution in [0.25, 0.3) is 5.53 Å². The fraction of sp³-hybridized carbons (Fsp3) is 0.177. The number of ketones is 2. The Morgan fingerprint density at radius 2 is 0.800 bits per heavy atom. The number of alkyl halides is 1. The van der Waals surface area contributed by atoms with Gasteiger partial charge in [-0.05, 0) is 128 Å². The van der Waals surface area contributed by atoms with Gasteiger partial charge >= 0.3 is 5.71 Å². The summed E-state index contributed by atoms with van der Waals surface area (Å²) in [4.78, 5) is 27.9. The number of carbonyl (C=O) groups is 2. The number of benzene rings is 8. The van der Waals surface area contributed by atoms with Gasteiger partial charge in [-0.25, -0.2) is 0 Å². The molecule has 8 heteroatoms. The van der Waals surface area contributed by atoms with E-state index in [0.717, 1.165) is 63.4 Å². The number of nitrogens with zero attached hydrogens (tertiary/aromatic N) is 2. The van der Waals surface area contributed by atoms with E-state index in [0.29, 0.717) is 30.1 Å². The largest absolute Gasteiger partial charge is 0.489 e. The summed E-state index contributed by atoms with van der Waals surface area (Å²) in [6, 6.07) is 63.6. The second kappa shape index (κ2) is 27.5. The highest BCUT2D eigenvalue weighted by Gasteiger charge is 2.15. The molecule has 0 amide bonds. The van der Waals surface area contributed by atoms with E-state index in [4.69, 9.17) is 14.2 Å². The van der Waals surface area contributed by atoms with Gasteiger partial charge in [-0.1, -0.05) is 168 Å². The smallest absolute Gasteiger partial charge is 0.329 e.